The van der Waals surface area contributed by atoms with E-state index in [4.69, 9.17) is 4.42 Å². The summed E-state index contributed by atoms with van der Waals surface area (Å²) in [4.78, 5) is 22.4. The van der Waals surface area contributed by atoms with Crippen LogP contribution >= 0.6 is 15.9 Å². The molecule has 3 rings (SSSR count). The molecule has 0 aromatic carbocycles. The van der Waals surface area contributed by atoms with Crippen molar-refractivity contribution in [2.75, 3.05) is 0 Å². The van der Waals surface area contributed by atoms with Crippen molar-refractivity contribution in [1.29, 1.82) is 0 Å². The maximum Gasteiger partial charge on any atom is 0.404 e. The summed E-state index contributed by atoms with van der Waals surface area (Å²) in [6, 6.07) is 3.43. The van der Waals surface area contributed by atoms with E-state index >= 15 is 0 Å². The number of halogens is 1. The van der Waals surface area contributed by atoms with E-state index < -0.39 is 4.92 Å². The van der Waals surface area contributed by atoms with Gasteiger partial charge in [-0.15, -0.1) is 0 Å². The smallest absolute Gasteiger partial charge is 0.404 e. The third kappa shape index (κ3) is 3.64. The van der Waals surface area contributed by atoms with Gasteiger partial charge in [0.05, 0.1) is 23.1 Å². The van der Waals surface area contributed by atoms with Crippen LogP contribution in [0.2, 0.25) is 0 Å². The molecule has 0 aliphatic rings. The number of aryl methyl sites for hydroxylation is 1. The second-order valence-corrected chi connectivity index (χ2v) is 6.38. The molecule has 0 bridgehead atoms. The first-order chi connectivity index (χ1) is 12.3. The van der Waals surface area contributed by atoms with Crippen LogP contribution in [-0.2, 0) is 13.6 Å². The predicted molar refractivity (Wildman–Crippen MR) is 95.7 cm³/mol. The molecular formula is C16H14BrN5O4. The third-order valence-electron chi connectivity index (χ3n) is 3.77. The van der Waals surface area contributed by atoms with Crippen molar-refractivity contribution in [3.8, 4) is 0 Å². The molecule has 3 heterocycles. The zero-order chi connectivity index (χ0) is 18.8. The number of nitro groups is 1. The normalized spacial score (nSPS) is 11.3. The average molecular weight is 420 g/mol. The van der Waals surface area contributed by atoms with E-state index in [1.165, 1.54) is 23.2 Å². The minimum atomic E-state index is -0.567. The molecule has 134 valence electrons. The first-order valence-electron chi connectivity index (χ1n) is 7.52. The Morgan fingerprint density at radius 1 is 1.46 bits per heavy atom. The van der Waals surface area contributed by atoms with Crippen molar-refractivity contribution in [3.05, 3.63) is 68.0 Å². The van der Waals surface area contributed by atoms with E-state index in [0.717, 1.165) is 5.69 Å². The van der Waals surface area contributed by atoms with Gasteiger partial charge in [0.15, 0.2) is 5.78 Å². The molecule has 0 N–H and O–H groups in total. The highest BCUT2D eigenvalue weighted by Crippen LogP contribution is 2.23. The summed E-state index contributed by atoms with van der Waals surface area (Å²) in [5, 5.41) is 18.7. The summed E-state index contributed by atoms with van der Waals surface area (Å²) >= 11 is 3.10. The molecule has 0 saturated carbocycles. The SMILES string of the molecule is Cc1c(C(=O)/C=C/c2ccc(Cn3cc(Br)c([N+](=O)[O-])n3)o2)cnn1C. The van der Waals surface area contributed by atoms with Crippen LogP contribution in [-0.4, -0.2) is 30.3 Å². The first kappa shape index (κ1) is 17.8. The second kappa shape index (κ2) is 7.08. The fourth-order valence-electron chi connectivity index (χ4n) is 2.31. The van der Waals surface area contributed by atoms with Gasteiger partial charge in [-0.05, 0) is 52.1 Å². The lowest BCUT2D eigenvalue weighted by Gasteiger charge is -1.95. The standard InChI is InChI=1S/C16H14BrN5O4/c1-10-13(7-18-20(10)2)15(23)6-5-11-3-4-12(26-11)8-21-9-14(17)16(19-21)22(24)25/h3-7,9H,8H2,1-2H3/b6-5+. The summed E-state index contributed by atoms with van der Waals surface area (Å²) in [6.45, 7) is 2.05. The van der Waals surface area contributed by atoms with Gasteiger partial charge in [-0.25, -0.2) is 0 Å². The van der Waals surface area contributed by atoms with Crippen molar-refractivity contribution >= 4 is 33.6 Å². The van der Waals surface area contributed by atoms with Crippen LogP contribution in [0.15, 0.2) is 39.5 Å². The van der Waals surface area contributed by atoms with Crippen molar-refractivity contribution < 1.29 is 14.1 Å². The number of furan rings is 1. The fourth-order valence-corrected chi connectivity index (χ4v) is 2.77. The van der Waals surface area contributed by atoms with Crippen LogP contribution in [0.4, 0.5) is 5.82 Å². The summed E-state index contributed by atoms with van der Waals surface area (Å²) in [5.74, 6) is 0.629. The minimum absolute atomic E-state index is 0.166. The van der Waals surface area contributed by atoms with E-state index in [9.17, 15) is 14.9 Å². The molecule has 3 aromatic rings. The van der Waals surface area contributed by atoms with E-state index in [1.807, 2.05) is 6.92 Å². The first-order valence-corrected chi connectivity index (χ1v) is 8.31. The van der Waals surface area contributed by atoms with Crippen LogP contribution < -0.4 is 0 Å². The van der Waals surface area contributed by atoms with Gasteiger partial charge >= 0.3 is 5.82 Å². The molecule has 0 aliphatic carbocycles. The predicted octanol–water partition coefficient (Wildman–Crippen LogP) is 3.13. The highest BCUT2D eigenvalue weighted by Gasteiger charge is 2.19. The zero-order valence-electron chi connectivity index (χ0n) is 13.9. The van der Waals surface area contributed by atoms with Gasteiger partial charge in [-0.1, -0.05) is 0 Å². The lowest BCUT2D eigenvalue weighted by molar-refractivity contribution is -0.390. The molecule has 0 radical (unpaired) electrons. The molecule has 0 unspecified atom stereocenters. The monoisotopic (exact) mass is 419 g/mol. The Morgan fingerprint density at radius 2 is 2.23 bits per heavy atom. The summed E-state index contributed by atoms with van der Waals surface area (Å²) in [7, 11) is 1.77. The third-order valence-corrected chi connectivity index (χ3v) is 4.33. The van der Waals surface area contributed by atoms with E-state index in [2.05, 4.69) is 26.1 Å². The highest BCUT2D eigenvalue weighted by molar-refractivity contribution is 9.10. The minimum Gasteiger partial charge on any atom is -0.460 e. The molecule has 3 aromatic heterocycles. The Labute approximate surface area is 156 Å². The topological polar surface area (TPSA) is 109 Å². The summed E-state index contributed by atoms with van der Waals surface area (Å²) in [6.07, 6.45) is 6.02. The zero-order valence-corrected chi connectivity index (χ0v) is 15.5. The molecule has 0 spiro atoms. The van der Waals surface area contributed by atoms with E-state index in [1.54, 1.807) is 29.9 Å². The Hall–Kier alpha value is -3.01. The van der Waals surface area contributed by atoms with Crippen molar-refractivity contribution in [2.24, 2.45) is 7.05 Å². The van der Waals surface area contributed by atoms with Gasteiger partial charge in [-0.2, -0.15) is 9.78 Å². The molecule has 0 amide bonds. The maximum atomic E-state index is 12.2. The maximum absolute atomic E-state index is 12.2. The Bertz CT molecular complexity index is 1010. The van der Waals surface area contributed by atoms with Crippen LogP contribution in [0.3, 0.4) is 0 Å². The van der Waals surface area contributed by atoms with Crippen molar-refractivity contribution in [1.82, 2.24) is 19.6 Å². The molecule has 9 nitrogen and oxygen atoms in total. The number of rotatable bonds is 6. The molecule has 26 heavy (non-hydrogen) atoms. The summed E-state index contributed by atoms with van der Waals surface area (Å²) in [5.41, 5.74) is 1.31. The number of allylic oxidation sites excluding steroid dienone is 1. The number of aromatic nitrogens is 4. The van der Waals surface area contributed by atoms with Gasteiger partial charge < -0.3 is 14.5 Å². The van der Waals surface area contributed by atoms with Crippen molar-refractivity contribution in [2.45, 2.75) is 13.5 Å². The van der Waals surface area contributed by atoms with E-state index in [0.29, 0.717) is 21.6 Å². The molecule has 0 saturated heterocycles. The highest BCUT2D eigenvalue weighted by atomic mass is 79.9. The van der Waals surface area contributed by atoms with Gasteiger partial charge in [0, 0.05) is 12.7 Å². The number of carbonyl (C=O) groups excluding carboxylic acids is 1. The fraction of sp³-hybridized carbons (Fsp3) is 0.188. The average Bonchev–Trinajstić information content (AvgIpc) is 3.27. The second-order valence-electron chi connectivity index (χ2n) is 5.52. The Balaban J connectivity index is 1.70. The van der Waals surface area contributed by atoms with Crippen LogP contribution in [0.25, 0.3) is 6.08 Å². The number of carbonyl (C=O) groups is 1. The number of nitrogens with zero attached hydrogens (tertiary/aromatic N) is 5. The molecule has 10 heteroatoms. The number of hydrogen-bond acceptors (Lipinski definition) is 6. The van der Waals surface area contributed by atoms with Gasteiger partial charge in [0.2, 0.25) is 0 Å². The van der Waals surface area contributed by atoms with Crippen LogP contribution in [0.1, 0.15) is 27.6 Å². The van der Waals surface area contributed by atoms with Gasteiger partial charge in [-0.3, -0.25) is 9.48 Å². The Kier molecular flexibility index (Phi) is 4.85. The van der Waals surface area contributed by atoms with E-state index in [-0.39, 0.29) is 18.1 Å². The van der Waals surface area contributed by atoms with Gasteiger partial charge in [0.1, 0.15) is 22.5 Å². The lowest BCUT2D eigenvalue weighted by atomic mass is 10.1. The van der Waals surface area contributed by atoms with Gasteiger partial charge in [0.25, 0.3) is 0 Å². The molecular weight excluding hydrogens is 406 g/mol. The number of ketones is 1. The van der Waals surface area contributed by atoms with Crippen LogP contribution in [0.5, 0.6) is 0 Å². The molecule has 0 aliphatic heterocycles. The largest absolute Gasteiger partial charge is 0.460 e. The molecule has 0 atom stereocenters. The number of hydrogen-bond donors (Lipinski definition) is 0. The van der Waals surface area contributed by atoms with Crippen molar-refractivity contribution in [3.63, 3.8) is 0 Å². The molecule has 0 fully saturated rings. The summed E-state index contributed by atoms with van der Waals surface area (Å²) < 4.78 is 8.94. The Morgan fingerprint density at radius 3 is 2.85 bits per heavy atom. The lowest BCUT2D eigenvalue weighted by Crippen LogP contribution is -2.00. The van der Waals surface area contributed by atoms with Crippen LogP contribution in [0, 0.1) is 17.0 Å². The quantitative estimate of drug-likeness (QED) is 0.262.